The van der Waals surface area contributed by atoms with E-state index in [1.807, 2.05) is 19.9 Å². The van der Waals surface area contributed by atoms with Crippen molar-refractivity contribution in [3.8, 4) is 5.75 Å². The molecule has 1 aromatic carbocycles. The maximum atomic E-state index is 8.86. The Bertz CT molecular complexity index is 397. The predicted molar refractivity (Wildman–Crippen MR) is 54.4 cm³/mol. The molecule has 0 saturated heterocycles. The zero-order valence-corrected chi connectivity index (χ0v) is 8.37. The van der Waals surface area contributed by atoms with E-state index >= 15 is 0 Å². The minimum atomic E-state index is 0.593. The summed E-state index contributed by atoms with van der Waals surface area (Å²) in [6, 6.07) is 4.05. The van der Waals surface area contributed by atoms with Gasteiger partial charge >= 0.3 is 0 Å². The van der Waals surface area contributed by atoms with E-state index < -0.39 is 0 Å². The van der Waals surface area contributed by atoms with Crippen molar-refractivity contribution in [1.29, 1.82) is 0 Å². The standard InChI is InChI=1S/C11H13NO2/c1-7-5-8(2)11-9(12-13)3-4-14-10(11)6-7/h5-6,13H,3-4H2,1-2H3/b12-9+. The second-order valence-electron chi connectivity index (χ2n) is 3.60. The lowest BCUT2D eigenvalue weighted by Crippen LogP contribution is -2.17. The number of oxime groups is 1. The number of fused-ring (bicyclic) bond motifs is 1. The predicted octanol–water partition coefficient (Wildman–Crippen LogP) is 2.26. The molecule has 0 fully saturated rings. The van der Waals surface area contributed by atoms with E-state index in [9.17, 15) is 0 Å². The first-order valence-corrected chi connectivity index (χ1v) is 4.67. The highest BCUT2D eigenvalue weighted by Crippen LogP contribution is 2.29. The summed E-state index contributed by atoms with van der Waals surface area (Å²) in [6.07, 6.45) is 0.674. The zero-order valence-electron chi connectivity index (χ0n) is 8.37. The summed E-state index contributed by atoms with van der Waals surface area (Å²) in [5.74, 6) is 0.835. The third-order valence-corrected chi connectivity index (χ3v) is 2.45. The van der Waals surface area contributed by atoms with Gasteiger partial charge in [-0.25, -0.2) is 0 Å². The molecular weight excluding hydrogens is 178 g/mol. The molecule has 74 valence electrons. The van der Waals surface area contributed by atoms with Crippen LogP contribution in [0, 0.1) is 13.8 Å². The number of rotatable bonds is 0. The summed E-state index contributed by atoms with van der Waals surface area (Å²) in [5.41, 5.74) is 3.95. The lowest BCUT2D eigenvalue weighted by atomic mass is 9.97. The molecular formula is C11H13NO2. The third-order valence-electron chi connectivity index (χ3n) is 2.45. The Labute approximate surface area is 83.0 Å². The molecule has 1 aliphatic heterocycles. The highest BCUT2D eigenvalue weighted by atomic mass is 16.5. The second kappa shape index (κ2) is 3.33. The van der Waals surface area contributed by atoms with Gasteiger partial charge in [-0.05, 0) is 31.0 Å². The fourth-order valence-corrected chi connectivity index (χ4v) is 1.89. The maximum absolute atomic E-state index is 8.86. The molecule has 14 heavy (non-hydrogen) atoms. The number of benzene rings is 1. The van der Waals surface area contributed by atoms with Crippen LogP contribution in [0.3, 0.4) is 0 Å². The Kier molecular flexibility index (Phi) is 2.15. The summed E-state index contributed by atoms with van der Waals surface area (Å²) in [4.78, 5) is 0. The first kappa shape index (κ1) is 9.06. The largest absolute Gasteiger partial charge is 0.492 e. The minimum Gasteiger partial charge on any atom is -0.492 e. The topological polar surface area (TPSA) is 41.8 Å². The van der Waals surface area contributed by atoms with Crippen molar-refractivity contribution in [2.75, 3.05) is 6.61 Å². The SMILES string of the molecule is Cc1cc(C)c2c(c1)OCC/C2=N\O. The molecule has 1 N–H and O–H groups in total. The first-order valence-electron chi connectivity index (χ1n) is 4.67. The van der Waals surface area contributed by atoms with Gasteiger partial charge in [0.15, 0.2) is 0 Å². The number of nitrogens with zero attached hydrogens (tertiary/aromatic N) is 1. The Morgan fingerprint density at radius 2 is 2.14 bits per heavy atom. The van der Waals surface area contributed by atoms with Crippen LogP contribution < -0.4 is 4.74 Å². The van der Waals surface area contributed by atoms with Gasteiger partial charge in [0.25, 0.3) is 0 Å². The van der Waals surface area contributed by atoms with Gasteiger partial charge in [-0.15, -0.1) is 0 Å². The smallest absolute Gasteiger partial charge is 0.129 e. The van der Waals surface area contributed by atoms with Gasteiger partial charge < -0.3 is 9.94 Å². The fourth-order valence-electron chi connectivity index (χ4n) is 1.89. The number of aryl methyl sites for hydroxylation is 2. The molecule has 1 aliphatic rings. The normalized spacial score (nSPS) is 17.7. The summed E-state index contributed by atoms with van der Waals surface area (Å²) in [6.45, 7) is 4.63. The Morgan fingerprint density at radius 1 is 1.36 bits per heavy atom. The second-order valence-corrected chi connectivity index (χ2v) is 3.60. The van der Waals surface area contributed by atoms with Crippen LogP contribution in [0.2, 0.25) is 0 Å². The van der Waals surface area contributed by atoms with Crippen molar-refractivity contribution in [3.05, 3.63) is 28.8 Å². The molecule has 1 aromatic rings. The monoisotopic (exact) mass is 191 g/mol. The maximum Gasteiger partial charge on any atom is 0.129 e. The van der Waals surface area contributed by atoms with Crippen LogP contribution >= 0.6 is 0 Å². The minimum absolute atomic E-state index is 0.593. The molecule has 3 nitrogen and oxygen atoms in total. The van der Waals surface area contributed by atoms with Crippen LogP contribution in [0.1, 0.15) is 23.1 Å². The lowest BCUT2D eigenvalue weighted by Gasteiger charge is -2.20. The van der Waals surface area contributed by atoms with E-state index in [0.717, 1.165) is 22.6 Å². The van der Waals surface area contributed by atoms with Gasteiger partial charge in [-0.1, -0.05) is 11.2 Å². The molecule has 0 amide bonds. The van der Waals surface area contributed by atoms with Crippen molar-refractivity contribution in [2.45, 2.75) is 20.3 Å². The summed E-state index contributed by atoms with van der Waals surface area (Å²) >= 11 is 0. The molecule has 0 saturated carbocycles. The van der Waals surface area contributed by atoms with E-state index in [4.69, 9.17) is 9.94 Å². The summed E-state index contributed by atoms with van der Waals surface area (Å²) in [5, 5.41) is 12.2. The van der Waals surface area contributed by atoms with Crippen molar-refractivity contribution in [3.63, 3.8) is 0 Å². The Balaban J connectivity index is 2.63. The molecule has 0 radical (unpaired) electrons. The highest BCUT2D eigenvalue weighted by Gasteiger charge is 2.19. The van der Waals surface area contributed by atoms with Crippen LogP contribution in [0.5, 0.6) is 5.75 Å². The molecule has 0 atom stereocenters. The van der Waals surface area contributed by atoms with Crippen LogP contribution in [0.25, 0.3) is 0 Å². The van der Waals surface area contributed by atoms with Crippen LogP contribution in [-0.4, -0.2) is 17.5 Å². The Hall–Kier alpha value is -1.51. The summed E-state index contributed by atoms with van der Waals surface area (Å²) in [7, 11) is 0. The lowest BCUT2D eigenvalue weighted by molar-refractivity contribution is 0.297. The van der Waals surface area contributed by atoms with Crippen molar-refractivity contribution >= 4 is 5.71 Å². The summed E-state index contributed by atoms with van der Waals surface area (Å²) < 4.78 is 5.53. The average molecular weight is 191 g/mol. The molecule has 1 heterocycles. The average Bonchev–Trinajstić information content (AvgIpc) is 2.16. The van der Waals surface area contributed by atoms with Crippen molar-refractivity contribution < 1.29 is 9.94 Å². The van der Waals surface area contributed by atoms with Gasteiger partial charge in [0.1, 0.15) is 5.75 Å². The van der Waals surface area contributed by atoms with E-state index in [1.54, 1.807) is 0 Å². The zero-order chi connectivity index (χ0) is 10.1. The van der Waals surface area contributed by atoms with E-state index in [0.29, 0.717) is 13.0 Å². The van der Waals surface area contributed by atoms with Crippen LogP contribution in [0.4, 0.5) is 0 Å². The third kappa shape index (κ3) is 1.35. The van der Waals surface area contributed by atoms with Gasteiger partial charge in [-0.2, -0.15) is 0 Å². The van der Waals surface area contributed by atoms with Gasteiger partial charge in [0, 0.05) is 12.0 Å². The molecule has 0 unspecified atom stereocenters. The van der Waals surface area contributed by atoms with Crippen LogP contribution in [0.15, 0.2) is 17.3 Å². The van der Waals surface area contributed by atoms with Crippen molar-refractivity contribution in [2.24, 2.45) is 5.16 Å². The number of hydrogen-bond acceptors (Lipinski definition) is 3. The fraction of sp³-hybridized carbons (Fsp3) is 0.364. The molecule has 3 heteroatoms. The molecule has 0 spiro atoms. The molecule has 0 bridgehead atoms. The van der Waals surface area contributed by atoms with Gasteiger partial charge in [0.2, 0.25) is 0 Å². The Morgan fingerprint density at radius 3 is 2.86 bits per heavy atom. The first-order chi connectivity index (χ1) is 6.72. The van der Waals surface area contributed by atoms with Gasteiger partial charge in [0.05, 0.1) is 12.3 Å². The number of ether oxygens (including phenoxy) is 1. The molecule has 0 aromatic heterocycles. The molecule has 2 rings (SSSR count). The van der Waals surface area contributed by atoms with Crippen LogP contribution in [-0.2, 0) is 0 Å². The highest BCUT2D eigenvalue weighted by molar-refractivity contribution is 6.04. The number of hydrogen-bond donors (Lipinski definition) is 1. The van der Waals surface area contributed by atoms with E-state index in [2.05, 4.69) is 11.2 Å². The molecule has 0 aliphatic carbocycles. The quantitative estimate of drug-likeness (QED) is 0.505. The van der Waals surface area contributed by atoms with Gasteiger partial charge in [-0.3, -0.25) is 0 Å². The van der Waals surface area contributed by atoms with E-state index in [1.165, 1.54) is 5.56 Å². The van der Waals surface area contributed by atoms with Crippen molar-refractivity contribution in [1.82, 2.24) is 0 Å². The van der Waals surface area contributed by atoms with E-state index in [-0.39, 0.29) is 0 Å².